The average Bonchev–Trinajstić information content (AvgIpc) is 2.97. The summed E-state index contributed by atoms with van der Waals surface area (Å²) in [5, 5.41) is 0. The van der Waals surface area contributed by atoms with E-state index in [0.717, 1.165) is 17.6 Å². The second-order valence-electron chi connectivity index (χ2n) is 8.75. The minimum atomic E-state index is 0.479. The summed E-state index contributed by atoms with van der Waals surface area (Å²) in [5.74, 6) is 4.20. The highest BCUT2D eigenvalue weighted by molar-refractivity contribution is 5.49. The fourth-order valence-electron chi connectivity index (χ4n) is 6.55. The Hall–Kier alpha value is -1.50. The molecule has 1 heteroatoms. The first-order valence-corrected chi connectivity index (χ1v) is 10.1. The van der Waals surface area contributed by atoms with E-state index in [1.165, 1.54) is 44.1 Å². The fourth-order valence-corrected chi connectivity index (χ4v) is 6.55. The van der Waals surface area contributed by atoms with Crippen LogP contribution in [0.2, 0.25) is 0 Å². The van der Waals surface area contributed by atoms with Crippen LogP contribution in [0.15, 0.2) is 37.4 Å². The van der Waals surface area contributed by atoms with E-state index in [-0.39, 0.29) is 0 Å². The Balaban J connectivity index is 1.73. The van der Waals surface area contributed by atoms with Gasteiger partial charge in [-0.2, -0.15) is 0 Å². The quantitative estimate of drug-likeness (QED) is 0.593. The number of fused-ring (bicyclic) bond motifs is 5. The first-order valence-electron chi connectivity index (χ1n) is 10.1. The van der Waals surface area contributed by atoms with E-state index in [4.69, 9.17) is 4.74 Å². The third kappa shape index (κ3) is 2.50. The number of hydrogen-bond donors (Lipinski definition) is 0. The number of allylic oxidation sites excluding steroid dienone is 1. The Labute approximate surface area is 153 Å². The predicted molar refractivity (Wildman–Crippen MR) is 105 cm³/mol. The maximum Gasteiger partial charge on any atom is 0.123 e. The van der Waals surface area contributed by atoms with Crippen LogP contribution < -0.4 is 4.74 Å². The van der Waals surface area contributed by atoms with Crippen molar-refractivity contribution in [2.75, 3.05) is 6.61 Å². The van der Waals surface area contributed by atoms with Crippen LogP contribution in [0.25, 0.3) is 0 Å². The van der Waals surface area contributed by atoms with E-state index in [1.54, 1.807) is 11.1 Å². The Morgan fingerprint density at radius 1 is 1.20 bits per heavy atom. The standard InChI is InChI=1S/C24H32O/c1-5-15-25-22-12-7-16(3)18-9-10-19-20(23(18)22)13-14-24(4)17(6-2)8-11-21(19)24/h5-7,12,17,19-21H,1-2,8-11,13-15H2,3-4H3/t17-,19+,20-,21-,24+/m0/s1. The topological polar surface area (TPSA) is 9.23 Å². The van der Waals surface area contributed by atoms with Gasteiger partial charge < -0.3 is 4.74 Å². The highest BCUT2D eigenvalue weighted by Crippen LogP contribution is 2.64. The van der Waals surface area contributed by atoms with Crippen molar-refractivity contribution in [3.8, 4) is 5.75 Å². The maximum atomic E-state index is 6.10. The lowest BCUT2D eigenvalue weighted by Gasteiger charge is -2.51. The number of ether oxygens (including phenoxy) is 1. The molecule has 134 valence electrons. The molecule has 0 bridgehead atoms. The van der Waals surface area contributed by atoms with Crippen molar-refractivity contribution in [3.05, 3.63) is 54.1 Å². The van der Waals surface area contributed by atoms with Gasteiger partial charge in [-0.3, -0.25) is 0 Å². The highest BCUT2D eigenvalue weighted by atomic mass is 16.5. The van der Waals surface area contributed by atoms with Gasteiger partial charge in [-0.15, -0.1) is 6.58 Å². The zero-order valence-electron chi connectivity index (χ0n) is 15.9. The summed E-state index contributed by atoms with van der Waals surface area (Å²) >= 11 is 0. The van der Waals surface area contributed by atoms with Gasteiger partial charge in [0.1, 0.15) is 12.4 Å². The molecule has 2 fully saturated rings. The molecule has 5 atom stereocenters. The van der Waals surface area contributed by atoms with Gasteiger partial charge in [0.15, 0.2) is 0 Å². The van der Waals surface area contributed by atoms with Crippen molar-refractivity contribution < 1.29 is 4.74 Å². The van der Waals surface area contributed by atoms with Crippen LogP contribution in [0, 0.1) is 30.1 Å². The zero-order valence-corrected chi connectivity index (χ0v) is 15.9. The molecule has 1 aromatic rings. The summed E-state index contributed by atoms with van der Waals surface area (Å²) in [6.07, 6.45) is 12.1. The zero-order chi connectivity index (χ0) is 17.6. The Kier molecular flexibility index (Phi) is 4.30. The number of rotatable bonds is 4. The third-order valence-corrected chi connectivity index (χ3v) is 7.80. The van der Waals surface area contributed by atoms with Gasteiger partial charge in [-0.1, -0.05) is 31.7 Å². The summed E-state index contributed by atoms with van der Waals surface area (Å²) in [6, 6.07) is 4.45. The van der Waals surface area contributed by atoms with Crippen molar-refractivity contribution in [2.45, 2.75) is 58.3 Å². The molecule has 0 radical (unpaired) electrons. The van der Waals surface area contributed by atoms with Gasteiger partial charge >= 0.3 is 0 Å². The SMILES string of the molecule is C=CCOc1ccc(C)c2c1[C@H]1CC[C@]3(C)[C@@H](C=C)CC[C@H]3[C@@H]1CC2. The van der Waals surface area contributed by atoms with Gasteiger partial charge in [-0.25, -0.2) is 0 Å². The van der Waals surface area contributed by atoms with E-state index in [9.17, 15) is 0 Å². The van der Waals surface area contributed by atoms with Crippen LogP contribution in [0.3, 0.4) is 0 Å². The Bertz CT molecular complexity index is 688. The Morgan fingerprint density at radius 2 is 2.04 bits per heavy atom. The summed E-state index contributed by atoms with van der Waals surface area (Å²) in [7, 11) is 0. The Morgan fingerprint density at radius 3 is 2.80 bits per heavy atom. The monoisotopic (exact) mass is 336 g/mol. The molecule has 0 saturated heterocycles. The number of hydrogen-bond acceptors (Lipinski definition) is 1. The van der Waals surface area contributed by atoms with Crippen molar-refractivity contribution in [1.29, 1.82) is 0 Å². The van der Waals surface area contributed by atoms with Gasteiger partial charge in [0.2, 0.25) is 0 Å². The molecule has 1 aromatic carbocycles. The predicted octanol–water partition coefficient (Wildman–Crippen LogP) is 6.22. The van der Waals surface area contributed by atoms with Gasteiger partial charge in [0.25, 0.3) is 0 Å². The van der Waals surface area contributed by atoms with E-state index in [1.807, 2.05) is 6.08 Å². The molecule has 3 aliphatic carbocycles. The molecule has 0 amide bonds. The molecule has 25 heavy (non-hydrogen) atoms. The molecule has 2 saturated carbocycles. The lowest BCUT2D eigenvalue weighted by atomic mass is 9.54. The first kappa shape index (κ1) is 16.9. The van der Waals surface area contributed by atoms with Crippen LogP contribution in [0.5, 0.6) is 5.75 Å². The van der Waals surface area contributed by atoms with Gasteiger partial charge in [-0.05, 0) is 91.7 Å². The van der Waals surface area contributed by atoms with Crippen LogP contribution in [-0.4, -0.2) is 6.61 Å². The van der Waals surface area contributed by atoms with Crippen molar-refractivity contribution >= 4 is 0 Å². The second-order valence-corrected chi connectivity index (χ2v) is 8.75. The normalized spacial score (nSPS) is 36.1. The first-order chi connectivity index (χ1) is 12.1. The molecule has 0 aromatic heterocycles. The molecule has 0 aliphatic heterocycles. The molecule has 0 spiro atoms. The minimum absolute atomic E-state index is 0.479. The molecule has 0 heterocycles. The largest absolute Gasteiger partial charge is 0.489 e. The molecule has 1 nitrogen and oxygen atoms in total. The van der Waals surface area contributed by atoms with Crippen molar-refractivity contribution in [2.24, 2.45) is 23.2 Å². The van der Waals surface area contributed by atoms with Crippen LogP contribution in [-0.2, 0) is 6.42 Å². The minimum Gasteiger partial charge on any atom is -0.489 e. The van der Waals surface area contributed by atoms with E-state index < -0.39 is 0 Å². The fraction of sp³-hybridized carbons (Fsp3) is 0.583. The van der Waals surface area contributed by atoms with Crippen LogP contribution in [0.1, 0.15) is 61.6 Å². The van der Waals surface area contributed by atoms with Gasteiger partial charge in [0.05, 0.1) is 0 Å². The van der Waals surface area contributed by atoms with Crippen LogP contribution in [0.4, 0.5) is 0 Å². The molecular weight excluding hydrogens is 304 g/mol. The van der Waals surface area contributed by atoms with Crippen LogP contribution >= 0.6 is 0 Å². The molecular formula is C24H32O. The average molecular weight is 337 g/mol. The van der Waals surface area contributed by atoms with Crippen molar-refractivity contribution in [1.82, 2.24) is 0 Å². The maximum absolute atomic E-state index is 6.10. The lowest BCUT2D eigenvalue weighted by Crippen LogP contribution is -2.42. The van der Waals surface area contributed by atoms with E-state index in [2.05, 4.69) is 45.2 Å². The summed E-state index contributed by atoms with van der Waals surface area (Å²) in [5.41, 5.74) is 5.04. The number of benzene rings is 1. The third-order valence-electron chi connectivity index (χ3n) is 7.80. The smallest absolute Gasteiger partial charge is 0.123 e. The molecule has 0 N–H and O–H groups in total. The van der Waals surface area contributed by atoms with Crippen molar-refractivity contribution in [3.63, 3.8) is 0 Å². The molecule has 4 rings (SSSR count). The number of aryl methyl sites for hydroxylation is 1. The second kappa shape index (κ2) is 6.34. The lowest BCUT2D eigenvalue weighted by molar-refractivity contribution is 0.0401. The summed E-state index contributed by atoms with van der Waals surface area (Å²) in [4.78, 5) is 0. The molecule has 3 aliphatic rings. The summed E-state index contributed by atoms with van der Waals surface area (Å²) < 4.78 is 6.10. The molecule has 0 unspecified atom stereocenters. The van der Waals surface area contributed by atoms with Gasteiger partial charge in [0, 0.05) is 5.56 Å². The van der Waals surface area contributed by atoms with E-state index in [0.29, 0.717) is 23.9 Å². The highest BCUT2D eigenvalue weighted by Gasteiger charge is 2.54. The van der Waals surface area contributed by atoms with E-state index >= 15 is 0 Å². The summed E-state index contributed by atoms with van der Waals surface area (Å²) in [6.45, 7) is 13.4.